The lowest BCUT2D eigenvalue weighted by Gasteiger charge is -2.20. The minimum absolute atomic E-state index is 0.0670. The van der Waals surface area contributed by atoms with E-state index < -0.39 is 35.5 Å². The topological polar surface area (TPSA) is 152 Å². The van der Waals surface area contributed by atoms with Gasteiger partial charge >= 0.3 is 12.1 Å². The van der Waals surface area contributed by atoms with Crippen molar-refractivity contribution in [3.05, 3.63) is 40.8 Å². The Kier molecular flexibility index (Phi) is 9.04. The summed E-state index contributed by atoms with van der Waals surface area (Å²) in [6.07, 6.45) is 0.254. The van der Waals surface area contributed by atoms with Gasteiger partial charge < -0.3 is 30.5 Å². The molecule has 3 aromatic rings. The largest absolute Gasteiger partial charge is 0.479 e. The van der Waals surface area contributed by atoms with Crippen LogP contribution in [0, 0.1) is 12.7 Å². The van der Waals surface area contributed by atoms with Gasteiger partial charge in [0.2, 0.25) is 0 Å². The predicted octanol–water partition coefficient (Wildman–Crippen LogP) is 4.38. The van der Waals surface area contributed by atoms with Gasteiger partial charge in [0.25, 0.3) is 5.91 Å². The summed E-state index contributed by atoms with van der Waals surface area (Å²) in [7, 11) is 0. The van der Waals surface area contributed by atoms with E-state index in [9.17, 15) is 23.9 Å². The molecule has 0 aliphatic rings. The predicted molar refractivity (Wildman–Crippen MR) is 141 cm³/mol. The van der Waals surface area contributed by atoms with Crippen molar-refractivity contribution in [1.82, 2.24) is 20.6 Å². The SMILES string of the molecule is Cc1c(C(=O)O)sc2ncnc(Nc3ccc(F)cc3OC(C)C(=O)NCCCNC(=O)OC(C)(C)C)c12. The summed E-state index contributed by atoms with van der Waals surface area (Å²) in [6.45, 7) is 9.06. The zero-order chi connectivity index (χ0) is 28.0. The highest BCUT2D eigenvalue weighted by molar-refractivity contribution is 7.20. The standard InChI is InChI=1S/C25H30FN5O6S/c1-13-18-20(29-12-30-22(18)38-19(13)23(33)34)31-16-8-7-15(26)11-17(16)36-14(2)21(32)27-9-6-10-28-24(35)37-25(3,4)5/h7-8,11-12,14H,6,9-10H2,1-5H3,(H,27,32)(H,28,35)(H,33,34)(H,29,30,31). The number of aryl methyl sites for hydroxylation is 1. The van der Waals surface area contributed by atoms with Crippen molar-refractivity contribution in [3.63, 3.8) is 0 Å². The van der Waals surface area contributed by atoms with Gasteiger partial charge in [0, 0.05) is 19.2 Å². The highest BCUT2D eigenvalue weighted by atomic mass is 32.1. The Balaban J connectivity index is 1.64. The van der Waals surface area contributed by atoms with Crippen LogP contribution in [0.4, 0.5) is 20.7 Å². The molecular weight excluding hydrogens is 517 g/mol. The second-order valence-electron chi connectivity index (χ2n) is 9.36. The molecule has 38 heavy (non-hydrogen) atoms. The molecule has 0 fully saturated rings. The summed E-state index contributed by atoms with van der Waals surface area (Å²) in [6, 6.07) is 3.79. The van der Waals surface area contributed by atoms with Crippen molar-refractivity contribution in [2.24, 2.45) is 0 Å². The van der Waals surface area contributed by atoms with Crippen LogP contribution in [0.1, 0.15) is 49.4 Å². The number of aromatic carboxylic acids is 1. The van der Waals surface area contributed by atoms with Crippen LogP contribution in [0.5, 0.6) is 5.75 Å². The fraction of sp³-hybridized carbons (Fsp3) is 0.400. The third-order valence-corrected chi connectivity index (χ3v) is 6.30. The van der Waals surface area contributed by atoms with E-state index in [0.717, 1.165) is 17.4 Å². The molecule has 0 saturated heterocycles. The van der Waals surface area contributed by atoms with Gasteiger partial charge in [0.05, 0.1) is 11.1 Å². The molecule has 2 aromatic heterocycles. The lowest BCUT2D eigenvalue weighted by Crippen LogP contribution is -2.38. The van der Waals surface area contributed by atoms with Crippen LogP contribution in [-0.2, 0) is 9.53 Å². The van der Waals surface area contributed by atoms with Gasteiger partial charge in [-0.2, -0.15) is 0 Å². The molecular formula is C25H30FN5O6S. The average molecular weight is 548 g/mol. The van der Waals surface area contributed by atoms with Gasteiger partial charge in [-0.15, -0.1) is 11.3 Å². The zero-order valence-electron chi connectivity index (χ0n) is 21.7. The minimum atomic E-state index is -1.07. The molecule has 0 radical (unpaired) electrons. The van der Waals surface area contributed by atoms with E-state index in [-0.39, 0.29) is 17.2 Å². The molecule has 1 unspecified atom stereocenters. The second-order valence-corrected chi connectivity index (χ2v) is 10.4. The molecule has 0 spiro atoms. The first kappa shape index (κ1) is 28.6. The fourth-order valence-electron chi connectivity index (χ4n) is 3.39. The Bertz CT molecular complexity index is 1340. The summed E-state index contributed by atoms with van der Waals surface area (Å²) in [4.78, 5) is 44.8. The summed E-state index contributed by atoms with van der Waals surface area (Å²) < 4.78 is 25.0. The molecule has 2 amide bonds. The van der Waals surface area contributed by atoms with E-state index in [1.165, 1.54) is 25.4 Å². The molecule has 1 aromatic carbocycles. The Morgan fingerprint density at radius 3 is 2.55 bits per heavy atom. The zero-order valence-corrected chi connectivity index (χ0v) is 22.5. The van der Waals surface area contributed by atoms with Crippen molar-refractivity contribution in [2.45, 2.75) is 52.7 Å². The molecule has 3 rings (SSSR count). The number of fused-ring (bicyclic) bond motifs is 1. The maximum absolute atomic E-state index is 14.1. The van der Waals surface area contributed by atoms with Gasteiger partial charge in [-0.05, 0) is 58.7 Å². The average Bonchev–Trinajstić information content (AvgIpc) is 3.17. The van der Waals surface area contributed by atoms with Crippen molar-refractivity contribution < 1.29 is 33.4 Å². The molecule has 4 N–H and O–H groups in total. The number of carboxylic acids is 1. The number of carbonyl (C=O) groups excluding carboxylic acids is 2. The van der Waals surface area contributed by atoms with E-state index in [1.54, 1.807) is 27.7 Å². The number of benzene rings is 1. The Labute approximate surface area is 222 Å². The number of halogens is 1. The Morgan fingerprint density at radius 1 is 1.16 bits per heavy atom. The molecule has 204 valence electrons. The van der Waals surface area contributed by atoms with Crippen LogP contribution >= 0.6 is 11.3 Å². The van der Waals surface area contributed by atoms with Crippen molar-refractivity contribution in [3.8, 4) is 5.75 Å². The highest BCUT2D eigenvalue weighted by Gasteiger charge is 2.21. The van der Waals surface area contributed by atoms with Crippen LogP contribution in [0.2, 0.25) is 0 Å². The first-order chi connectivity index (χ1) is 17.9. The molecule has 2 heterocycles. The molecule has 11 nitrogen and oxygen atoms in total. The maximum Gasteiger partial charge on any atom is 0.407 e. The van der Waals surface area contributed by atoms with Crippen LogP contribution in [0.3, 0.4) is 0 Å². The Hall–Kier alpha value is -4.00. The molecule has 0 aliphatic heterocycles. The molecule has 1 atom stereocenters. The van der Waals surface area contributed by atoms with Crippen LogP contribution < -0.4 is 20.7 Å². The van der Waals surface area contributed by atoms with Crippen molar-refractivity contribution in [2.75, 3.05) is 18.4 Å². The first-order valence-electron chi connectivity index (χ1n) is 11.8. The number of alkyl carbamates (subject to hydrolysis) is 1. The molecule has 13 heteroatoms. The normalized spacial score (nSPS) is 12.1. The summed E-state index contributed by atoms with van der Waals surface area (Å²) >= 11 is 1.03. The smallest absolute Gasteiger partial charge is 0.407 e. The number of nitrogens with one attached hydrogen (secondary N) is 3. The second kappa shape index (κ2) is 12.0. The van der Waals surface area contributed by atoms with E-state index in [4.69, 9.17) is 9.47 Å². The third-order valence-electron chi connectivity index (χ3n) is 5.11. The van der Waals surface area contributed by atoms with Crippen LogP contribution in [-0.4, -0.2) is 57.8 Å². The van der Waals surface area contributed by atoms with Crippen LogP contribution in [0.15, 0.2) is 24.5 Å². The van der Waals surface area contributed by atoms with E-state index in [2.05, 4.69) is 25.9 Å². The minimum Gasteiger partial charge on any atom is -0.479 e. The van der Waals surface area contributed by atoms with Gasteiger partial charge in [0.15, 0.2) is 6.10 Å². The number of amides is 2. The van der Waals surface area contributed by atoms with Crippen molar-refractivity contribution >= 4 is 51.0 Å². The number of anilines is 2. The number of carbonyl (C=O) groups is 3. The fourth-order valence-corrected chi connectivity index (χ4v) is 4.37. The number of aromatic nitrogens is 2. The maximum atomic E-state index is 14.1. The number of nitrogens with zero attached hydrogens (tertiary/aromatic N) is 2. The summed E-state index contributed by atoms with van der Waals surface area (Å²) in [5.41, 5.74) is 0.230. The lowest BCUT2D eigenvalue weighted by atomic mass is 10.2. The van der Waals surface area contributed by atoms with Gasteiger partial charge in [-0.3, -0.25) is 4.79 Å². The lowest BCUT2D eigenvalue weighted by molar-refractivity contribution is -0.127. The van der Waals surface area contributed by atoms with Crippen LogP contribution in [0.25, 0.3) is 10.2 Å². The van der Waals surface area contributed by atoms with Gasteiger partial charge in [-0.25, -0.2) is 23.9 Å². The van der Waals surface area contributed by atoms with Gasteiger partial charge in [0.1, 0.15) is 39.0 Å². The highest BCUT2D eigenvalue weighted by Crippen LogP contribution is 2.36. The van der Waals surface area contributed by atoms with E-state index >= 15 is 0 Å². The van der Waals surface area contributed by atoms with Crippen molar-refractivity contribution in [1.29, 1.82) is 0 Å². The number of carboxylic acid groups (broad SMARTS) is 1. The number of thiophene rings is 1. The summed E-state index contributed by atoms with van der Waals surface area (Å²) in [5.74, 6) is -1.68. The first-order valence-corrected chi connectivity index (χ1v) is 12.6. The van der Waals surface area contributed by atoms with E-state index in [1.807, 2.05) is 0 Å². The number of hydrogen-bond donors (Lipinski definition) is 4. The number of rotatable bonds is 10. The van der Waals surface area contributed by atoms with E-state index in [0.29, 0.717) is 40.3 Å². The number of hydrogen-bond acceptors (Lipinski definition) is 9. The third kappa shape index (κ3) is 7.51. The quantitative estimate of drug-likeness (QED) is 0.271. The molecule has 0 aliphatic carbocycles. The molecule has 0 saturated carbocycles. The Morgan fingerprint density at radius 2 is 1.87 bits per heavy atom. The van der Waals surface area contributed by atoms with Gasteiger partial charge in [-0.1, -0.05) is 0 Å². The monoisotopic (exact) mass is 547 g/mol. The molecule has 0 bridgehead atoms. The summed E-state index contributed by atoms with van der Waals surface area (Å²) in [5, 5.41) is 18.3. The number of ether oxygens (including phenoxy) is 2.